The molecule has 39 heavy (non-hydrogen) atoms. The minimum absolute atomic E-state index is 0.236. The van der Waals surface area contributed by atoms with Crippen molar-refractivity contribution in [2.45, 2.75) is 18.4 Å². The number of benzene rings is 2. The summed E-state index contributed by atoms with van der Waals surface area (Å²) in [6.45, 7) is 0. The number of anilines is 1. The third-order valence-electron chi connectivity index (χ3n) is 6.35. The molecule has 7 nitrogen and oxygen atoms in total. The number of nitrogens with zero attached hydrogens (tertiary/aromatic N) is 2. The number of aldehydes is 1. The Balaban J connectivity index is 1.48. The van der Waals surface area contributed by atoms with Gasteiger partial charge in [0, 0.05) is 29.9 Å². The van der Waals surface area contributed by atoms with E-state index in [1.807, 2.05) is 60.9 Å². The minimum Gasteiger partial charge on any atom is -0.325 e. The lowest BCUT2D eigenvalue weighted by Crippen LogP contribution is -2.36. The zero-order chi connectivity index (χ0) is 27.0. The lowest BCUT2D eigenvalue weighted by molar-refractivity contribution is -0.128. The Morgan fingerprint density at radius 2 is 1.85 bits per heavy atom. The third kappa shape index (κ3) is 6.05. The second-order valence-electron chi connectivity index (χ2n) is 9.02. The fraction of sp³-hybridized carbons (Fsp3) is 0.0938. The molecule has 1 aliphatic heterocycles. The van der Waals surface area contributed by atoms with Gasteiger partial charge in [-0.3, -0.25) is 24.4 Å². The number of pyridine rings is 1. The number of para-hydroxylation sites is 1. The average Bonchev–Trinajstić information content (AvgIpc) is 3.28. The SMILES string of the molecule is O=C/C=C/c1cccc(C(C(=O)NC2=CC3N=CCC=CC3=CC=C2)C(=O)Nc2cccc3cccnc23)c1. The number of hydrogen-bond donors (Lipinski definition) is 2. The summed E-state index contributed by atoms with van der Waals surface area (Å²) in [7, 11) is 0. The molecule has 2 atom stereocenters. The van der Waals surface area contributed by atoms with Gasteiger partial charge in [-0.2, -0.15) is 0 Å². The van der Waals surface area contributed by atoms with Crippen LogP contribution in [0.4, 0.5) is 5.69 Å². The summed E-state index contributed by atoms with van der Waals surface area (Å²) < 4.78 is 0. The van der Waals surface area contributed by atoms with E-state index in [0.29, 0.717) is 34.3 Å². The molecule has 0 saturated carbocycles. The second-order valence-corrected chi connectivity index (χ2v) is 9.02. The molecule has 2 N–H and O–H groups in total. The molecule has 0 fully saturated rings. The molecule has 2 amide bonds. The highest BCUT2D eigenvalue weighted by Gasteiger charge is 2.30. The van der Waals surface area contributed by atoms with Crippen LogP contribution in [0.3, 0.4) is 0 Å². The lowest BCUT2D eigenvalue weighted by atomic mass is 9.94. The first-order chi connectivity index (χ1) is 19.1. The Morgan fingerprint density at radius 3 is 2.74 bits per heavy atom. The van der Waals surface area contributed by atoms with E-state index in [9.17, 15) is 14.4 Å². The highest BCUT2D eigenvalue weighted by molar-refractivity contribution is 6.13. The highest BCUT2D eigenvalue weighted by Crippen LogP contribution is 2.26. The van der Waals surface area contributed by atoms with Crippen LogP contribution in [0.2, 0.25) is 0 Å². The molecule has 1 aromatic heterocycles. The number of aliphatic imine (C=N–C) groups is 1. The van der Waals surface area contributed by atoms with Crippen molar-refractivity contribution in [1.29, 1.82) is 0 Å². The number of aromatic nitrogens is 1. The summed E-state index contributed by atoms with van der Waals surface area (Å²) in [5, 5.41) is 6.71. The summed E-state index contributed by atoms with van der Waals surface area (Å²) in [6, 6.07) is 16.0. The molecule has 5 rings (SSSR count). The molecule has 2 heterocycles. The van der Waals surface area contributed by atoms with Gasteiger partial charge in [-0.05, 0) is 47.1 Å². The Labute approximate surface area is 226 Å². The van der Waals surface area contributed by atoms with Gasteiger partial charge in [0.25, 0.3) is 0 Å². The van der Waals surface area contributed by atoms with E-state index >= 15 is 0 Å². The van der Waals surface area contributed by atoms with E-state index in [1.54, 1.807) is 48.7 Å². The highest BCUT2D eigenvalue weighted by atomic mass is 16.2. The van der Waals surface area contributed by atoms with Crippen LogP contribution in [-0.2, 0) is 14.4 Å². The van der Waals surface area contributed by atoms with Crippen molar-refractivity contribution in [3.63, 3.8) is 0 Å². The van der Waals surface area contributed by atoms with E-state index < -0.39 is 17.7 Å². The molecule has 0 saturated heterocycles. The quantitative estimate of drug-likeness (QED) is 0.261. The first-order valence-corrected chi connectivity index (χ1v) is 12.6. The molecule has 2 aromatic carbocycles. The summed E-state index contributed by atoms with van der Waals surface area (Å²) in [5.74, 6) is -2.18. The number of fused-ring (bicyclic) bond motifs is 2. The Morgan fingerprint density at radius 1 is 1.00 bits per heavy atom. The number of carbonyl (C=O) groups is 3. The molecule has 0 radical (unpaired) electrons. The van der Waals surface area contributed by atoms with Crippen LogP contribution in [0, 0.1) is 0 Å². The molecule has 1 aliphatic carbocycles. The molecule has 3 aromatic rings. The number of rotatable bonds is 7. The van der Waals surface area contributed by atoms with E-state index in [4.69, 9.17) is 0 Å². The van der Waals surface area contributed by atoms with Gasteiger partial charge >= 0.3 is 0 Å². The van der Waals surface area contributed by atoms with Crippen molar-refractivity contribution in [2.75, 3.05) is 5.32 Å². The van der Waals surface area contributed by atoms with Crippen LogP contribution in [0.25, 0.3) is 17.0 Å². The van der Waals surface area contributed by atoms with Crippen molar-refractivity contribution < 1.29 is 14.4 Å². The lowest BCUT2D eigenvalue weighted by Gasteiger charge is -2.19. The minimum atomic E-state index is -1.18. The fourth-order valence-corrected chi connectivity index (χ4v) is 4.53. The maximum Gasteiger partial charge on any atom is 0.241 e. The normalized spacial score (nSPS) is 17.0. The predicted molar refractivity (Wildman–Crippen MR) is 154 cm³/mol. The first kappa shape index (κ1) is 25.5. The van der Waals surface area contributed by atoms with E-state index in [0.717, 1.165) is 17.4 Å². The smallest absolute Gasteiger partial charge is 0.241 e. The van der Waals surface area contributed by atoms with Gasteiger partial charge in [-0.15, -0.1) is 0 Å². The van der Waals surface area contributed by atoms with Gasteiger partial charge in [-0.1, -0.05) is 72.8 Å². The van der Waals surface area contributed by atoms with Crippen molar-refractivity contribution in [3.8, 4) is 0 Å². The second kappa shape index (κ2) is 11.9. The summed E-state index contributed by atoms with van der Waals surface area (Å²) in [4.78, 5) is 47.4. The van der Waals surface area contributed by atoms with Crippen molar-refractivity contribution in [1.82, 2.24) is 10.3 Å². The summed E-state index contributed by atoms with van der Waals surface area (Å²) in [5.41, 5.74) is 3.87. The maximum atomic E-state index is 13.8. The number of nitrogens with one attached hydrogen (secondary N) is 2. The van der Waals surface area contributed by atoms with Gasteiger partial charge in [0.1, 0.15) is 12.2 Å². The van der Waals surface area contributed by atoms with Crippen molar-refractivity contribution >= 4 is 47.0 Å². The van der Waals surface area contributed by atoms with Crippen LogP contribution in [0.15, 0.2) is 120 Å². The van der Waals surface area contributed by atoms with Gasteiger partial charge in [0.2, 0.25) is 11.8 Å². The Kier molecular flexibility index (Phi) is 7.79. The first-order valence-electron chi connectivity index (χ1n) is 12.6. The molecule has 192 valence electrons. The van der Waals surface area contributed by atoms with Gasteiger partial charge in [-0.25, -0.2) is 0 Å². The predicted octanol–water partition coefficient (Wildman–Crippen LogP) is 5.06. The molecule has 0 bridgehead atoms. The van der Waals surface area contributed by atoms with Gasteiger partial charge in [0.05, 0.1) is 17.2 Å². The molecule has 2 aliphatic rings. The number of carbonyl (C=O) groups excluding carboxylic acids is 3. The maximum absolute atomic E-state index is 13.8. The Bertz CT molecular complexity index is 1610. The zero-order valence-corrected chi connectivity index (χ0v) is 21.0. The van der Waals surface area contributed by atoms with Crippen LogP contribution in [-0.4, -0.2) is 35.3 Å². The number of hydrogen-bond acceptors (Lipinski definition) is 5. The summed E-state index contributed by atoms with van der Waals surface area (Å²) in [6.07, 6.45) is 19.4. The third-order valence-corrected chi connectivity index (χ3v) is 6.35. The Hall–Kier alpha value is -5.17. The van der Waals surface area contributed by atoms with Gasteiger partial charge in [0.15, 0.2) is 0 Å². The van der Waals surface area contributed by atoms with E-state index in [2.05, 4.69) is 20.6 Å². The summed E-state index contributed by atoms with van der Waals surface area (Å²) >= 11 is 0. The van der Waals surface area contributed by atoms with Crippen LogP contribution >= 0.6 is 0 Å². The average molecular weight is 515 g/mol. The number of allylic oxidation sites excluding steroid dienone is 5. The molecule has 7 heteroatoms. The number of amides is 2. The topological polar surface area (TPSA) is 101 Å². The standard InChI is InChI=1S/C32H26N4O3/c37-19-7-9-22-8-3-13-25(20-22)29(32(39)36-27-16-5-12-24-14-6-18-34-30(24)27)31(38)35-26-15-4-11-23-10-1-2-17-33-28(23)21-26/h1,3-21,28-29H,2H2,(H,35,38)(H,36,39)/b9-7+. The van der Waals surface area contributed by atoms with Crippen LogP contribution in [0.5, 0.6) is 0 Å². The van der Waals surface area contributed by atoms with Crippen LogP contribution in [0.1, 0.15) is 23.5 Å². The largest absolute Gasteiger partial charge is 0.325 e. The zero-order valence-electron chi connectivity index (χ0n) is 21.0. The molecular formula is C32H26N4O3. The van der Waals surface area contributed by atoms with Crippen LogP contribution < -0.4 is 10.6 Å². The molecule has 2 unspecified atom stereocenters. The van der Waals surface area contributed by atoms with Gasteiger partial charge < -0.3 is 10.6 Å². The van der Waals surface area contributed by atoms with E-state index in [-0.39, 0.29) is 6.04 Å². The van der Waals surface area contributed by atoms with Crippen molar-refractivity contribution in [3.05, 3.63) is 126 Å². The monoisotopic (exact) mass is 514 g/mol. The van der Waals surface area contributed by atoms with E-state index in [1.165, 1.54) is 6.08 Å². The van der Waals surface area contributed by atoms with Crippen molar-refractivity contribution in [2.24, 2.45) is 4.99 Å². The fourth-order valence-electron chi connectivity index (χ4n) is 4.53. The molecule has 0 spiro atoms. The molecular weight excluding hydrogens is 488 g/mol.